The minimum atomic E-state index is -0.402. The molecule has 6 nitrogen and oxygen atoms in total. The normalized spacial score (nSPS) is 14.8. The Hall–Kier alpha value is -2.70. The Balaban J connectivity index is 1.54. The molecule has 0 spiro atoms. The number of carbonyl (C=O) groups excluding carboxylic acids is 2. The van der Waals surface area contributed by atoms with Crippen LogP contribution in [-0.2, 0) is 4.79 Å². The number of amides is 2. The maximum Gasteiger partial charge on any atom is 0.269 e. The quantitative estimate of drug-likeness (QED) is 0.768. The van der Waals surface area contributed by atoms with Gasteiger partial charge in [0.1, 0.15) is 11.5 Å². The molecule has 0 radical (unpaired) electrons. The molecule has 138 valence electrons. The summed E-state index contributed by atoms with van der Waals surface area (Å²) < 4.78 is 13.4. The number of nitrogens with zero attached hydrogens (tertiary/aromatic N) is 1. The fourth-order valence-electron chi connectivity index (χ4n) is 3.17. The summed E-state index contributed by atoms with van der Waals surface area (Å²) in [4.78, 5) is 24.1. The summed E-state index contributed by atoms with van der Waals surface area (Å²) in [6, 6.07) is 6.45. The number of carbonyl (C=O) groups is 2. The lowest BCUT2D eigenvalue weighted by atomic mass is 9.95. The van der Waals surface area contributed by atoms with Crippen molar-refractivity contribution in [1.82, 2.24) is 20.8 Å². The number of aryl methyl sites for hydroxylation is 1. The number of hydrogen-bond acceptors (Lipinski definition) is 3. The Kier molecular flexibility index (Phi) is 5.65. The van der Waals surface area contributed by atoms with Crippen molar-refractivity contribution in [3.8, 4) is 11.3 Å². The molecule has 2 amide bonds. The number of hydrogen-bond donors (Lipinski definition) is 3. The predicted octanol–water partition coefficient (Wildman–Crippen LogP) is 2.70. The zero-order valence-corrected chi connectivity index (χ0v) is 14.8. The SMILES string of the molecule is Cc1cc(-c2cc(C(=O)NCC(=O)NC3CCCCC3)[nH]n2)ccc1F. The molecule has 0 saturated heterocycles. The first-order valence-electron chi connectivity index (χ1n) is 8.92. The molecule has 1 heterocycles. The van der Waals surface area contributed by atoms with E-state index in [-0.39, 0.29) is 30.0 Å². The molecule has 26 heavy (non-hydrogen) atoms. The third-order valence-electron chi connectivity index (χ3n) is 4.66. The van der Waals surface area contributed by atoms with Crippen LogP contribution in [0.4, 0.5) is 4.39 Å². The molecule has 1 fully saturated rings. The number of aromatic amines is 1. The highest BCUT2D eigenvalue weighted by Crippen LogP contribution is 2.20. The van der Waals surface area contributed by atoms with Crippen LogP contribution in [0, 0.1) is 12.7 Å². The van der Waals surface area contributed by atoms with Crippen LogP contribution in [0.5, 0.6) is 0 Å². The molecule has 3 N–H and O–H groups in total. The van der Waals surface area contributed by atoms with Crippen molar-refractivity contribution in [2.24, 2.45) is 0 Å². The Morgan fingerprint density at radius 3 is 2.73 bits per heavy atom. The van der Waals surface area contributed by atoms with Gasteiger partial charge < -0.3 is 10.6 Å². The summed E-state index contributed by atoms with van der Waals surface area (Å²) >= 11 is 0. The Morgan fingerprint density at radius 2 is 2.00 bits per heavy atom. The van der Waals surface area contributed by atoms with Gasteiger partial charge in [0.05, 0.1) is 12.2 Å². The molecule has 1 aromatic heterocycles. The van der Waals surface area contributed by atoms with E-state index in [1.165, 1.54) is 12.5 Å². The Labute approximate surface area is 151 Å². The number of halogens is 1. The van der Waals surface area contributed by atoms with Crippen LogP contribution < -0.4 is 10.6 Å². The van der Waals surface area contributed by atoms with Gasteiger partial charge in [-0.15, -0.1) is 0 Å². The molecule has 2 aromatic rings. The Bertz CT molecular complexity index is 797. The van der Waals surface area contributed by atoms with Gasteiger partial charge in [-0.1, -0.05) is 19.3 Å². The summed E-state index contributed by atoms with van der Waals surface area (Å²) in [5.74, 6) is -0.869. The standard InChI is InChI=1S/C19H23FN4O2/c1-12-9-13(7-8-15(12)20)16-10-17(24-23-16)19(26)21-11-18(25)22-14-5-3-2-4-6-14/h7-10,14H,2-6,11H2,1H3,(H,21,26)(H,22,25)(H,23,24). The Morgan fingerprint density at radius 1 is 1.23 bits per heavy atom. The highest BCUT2D eigenvalue weighted by molar-refractivity contribution is 5.95. The molecular formula is C19H23FN4O2. The average molecular weight is 358 g/mol. The molecule has 0 atom stereocenters. The van der Waals surface area contributed by atoms with Gasteiger partial charge in [0.15, 0.2) is 0 Å². The second kappa shape index (κ2) is 8.12. The van der Waals surface area contributed by atoms with Gasteiger partial charge >= 0.3 is 0 Å². The predicted molar refractivity (Wildman–Crippen MR) is 96.1 cm³/mol. The second-order valence-corrected chi connectivity index (χ2v) is 6.72. The van der Waals surface area contributed by atoms with Crippen LogP contribution in [0.2, 0.25) is 0 Å². The summed E-state index contributed by atoms with van der Waals surface area (Å²) in [6.45, 7) is 1.60. The molecule has 0 unspecified atom stereocenters. The molecule has 1 saturated carbocycles. The lowest BCUT2D eigenvalue weighted by Gasteiger charge is -2.22. The van der Waals surface area contributed by atoms with Crippen molar-refractivity contribution in [3.05, 3.63) is 41.3 Å². The first-order valence-corrected chi connectivity index (χ1v) is 8.92. The number of H-pyrrole nitrogens is 1. The second-order valence-electron chi connectivity index (χ2n) is 6.72. The zero-order valence-electron chi connectivity index (χ0n) is 14.8. The minimum absolute atomic E-state index is 0.0701. The summed E-state index contributed by atoms with van der Waals surface area (Å²) in [7, 11) is 0. The van der Waals surface area contributed by atoms with Crippen molar-refractivity contribution in [3.63, 3.8) is 0 Å². The van der Waals surface area contributed by atoms with E-state index in [0.717, 1.165) is 25.7 Å². The van der Waals surface area contributed by atoms with E-state index in [0.29, 0.717) is 16.8 Å². The van der Waals surface area contributed by atoms with Gasteiger partial charge in [-0.05, 0) is 49.6 Å². The van der Waals surface area contributed by atoms with Gasteiger partial charge in [-0.2, -0.15) is 5.10 Å². The number of aromatic nitrogens is 2. The van der Waals surface area contributed by atoms with E-state index >= 15 is 0 Å². The summed E-state index contributed by atoms with van der Waals surface area (Å²) in [5, 5.41) is 12.3. The third kappa shape index (κ3) is 4.47. The molecule has 7 heteroatoms. The lowest BCUT2D eigenvalue weighted by molar-refractivity contribution is -0.121. The van der Waals surface area contributed by atoms with E-state index in [9.17, 15) is 14.0 Å². The molecule has 1 aromatic carbocycles. The van der Waals surface area contributed by atoms with Crippen LogP contribution in [0.1, 0.15) is 48.2 Å². The van der Waals surface area contributed by atoms with Gasteiger partial charge in [0.2, 0.25) is 5.91 Å². The van der Waals surface area contributed by atoms with E-state index in [4.69, 9.17) is 0 Å². The van der Waals surface area contributed by atoms with Crippen molar-refractivity contribution in [1.29, 1.82) is 0 Å². The van der Waals surface area contributed by atoms with E-state index < -0.39 is 5.91 Å². The van der Waals surface area contributed by atoms with Crippen LogP contribution in [-0.4, -0.2) is 34.6 Å². The summed E-state index contributed by atoms with van der Waals surface area (Å²) in [6.07, 6.45) is 5.49. The molecule has 0 bridgehead atoms. The van der Waals surface area contributed by atoms with Gasteiger partial charge in [-0.3, -0.25) is 14.7 Å². The van der Waals surface area contributed by atoms with Crippen molar-refractivity contribution < 1.29 is 14.0 Å². The highest BCUT2D eigenvalue weighted by atomic mass is 19.1. The van der Waals surface area contributed by atoms with Crippen LogP contribution in [0.15, 0.2) is 24.3 Å². The van der Waals surface area contributed by atoms with Crippen molar-refractivity contribution >= 4 is 11.8 Å². The van der Waals surface area contributed by atoms with Crippen molar-refractivity contribution in [2.45, 2.75) is 45.1 Å². The van der Waals surface area contributed by atoms with E-state index in [1.54, 1.807) is 25.1 Å². The van der Waals surface area contributed by atoms with Crippen LogP contribution in [0.3, 0.4) is 0 Å². The number of nitrogens with one attached hydrogen (secondary N) is 3. The highest BCUT2D eigenvalue weighted by Gasteiger charge is 2.17. The van der Waals surface area contributed by atoms with E-state index in [1.807, 2.05) is 0 Å². The summed E-state index contributed by atoms with van der Waals surface area (Å²) in [5.41, 5.74) is 2.03. The molecular weight excluding hydrogens is 335 g/mol. The first-order chi connectivity index (χ1) is 12.5. The lowest BCUT2D eigenvalue weighted by Crippen LogP contribution is -2.42. The van der Waals surface area contributed by atoms with Crippen LogP contribution >= 0.6 is 0 Å². The number of benzene rings is 1. The maximum absolute atomic E-state index is 13.4. The topological polar surface area (TPSA) is 86.9 Å². The first kappa shape index (κ1) is 18.1. The largest absolute Gasteiger partial charge is 0.352 e. The fraction of sp³-hybridized carbons (Fsp3) is 0.421. The third-order valence-corrected chi connectivity index (χ3v) is 4.66. The minimum Gasteiger partial charge on any atom is -0.352 e. The monoisotopic (exact) mass is 358 g/mol. The zero-order chi connectivity index (χ0) is 18.5. The van der Waals surface area contributed by atoms with Crippen LogP contribution in [0.25, 0.3) is 11.3 Å². The molecule has 0 aliphatic heterocycles. The smallest absolute Gasteiger partial charge is 0.269 e. The van der Waals surface area contributed by atoms with Gasteiger partial charge in [-0.25, -0.2) is 4.39 Å². The molecule has 3 rings (SSSR count). The average Bonchev–Trinajstić information content (AvgIpc) is 3.13. The van der Waals surface area contributed by atoms with E-state index in [2.05, 4.69) is 20.8 Å². The molecule has 1 aliphatic carbocycles. The van der Waals surface area contributed by atoms with Gasteiger partial charge in [0, 0.05) is 11.6 Å². The number of rotatable bonds is 5. The van der Waals surface area contributed by atoms with Crippen molar-refractivity contribution in [2.75, 3.05) is 6.54 Å². The maximum atomic E-state index is 13.4. The van der Waals surface area contributed by atoms with Gasteiger partial charge in [0.25, 0.3) is 5.91 Å². The fourth-order valence-corrected chi connectivity index (χ4v) is 3.17. The molecule has 1 aliphatic rings.